The zero-order valence-electron chi connectivity index (χ0n) is 16.6. The molecule has 0 spiro atoms. The molecule has 0 aliphatic heterocycles. The third kappa shape index (κ3) is 5.00. The number of hydrogen-bond donors (Lipinski definition) is 1. The normalized spacial score (nSPS) is 10.8. The SMILES string of the molecule is Cc1oc(-c2ccc(C(=O)Nc3ccc(F)cc3F)cc2)nc1CSc1ccccc1. The van der Waals surface area contributed by atoms with Crippen molar-refractivity contribution in [2.75, 3.05) is 5.32 Å². The van der Waals surface area contributed by atoms with Crippen LogP contribution in [0.5, 0.6) is 0 Å². The molecular weight excluding hydrogens is 418 g/mol. The first-order valence-corrected chi connectivity index (χ1v) is 10.5. The lowest BCUT2D eigenvalue weighted by molar-refractivity contribution is 0.102. The molecule has 0 radical (unpaired) electrons. The number of aryl methyl sites for hydroxylation is 1. The molecule has 4 nitrogen and oxygen atoms in total. The third-order valence-corrected chi connectivity index (χ3v) is 5.61. The molecule has 0 saturated carbocycles. The second-order valence-electron chi connectivity index (χ2n) is 6.78. The highest BCUT2D eigenvalue weighted by molar-refractivity contribution is 7.98. The summed E-state index contributed by atoms with van der Waals surface area (Å²) in [6, 6.07) is 19.7. The highest BCUT2D eigenvalue weighted by atomic mass is 32.2. The van der Waals surface area contributed by atoms with E-state index in [0.29, 0.717) is 17.2 Å². The second-order valence-corrected chi connectivity index (χ2v) is 7.83. The molecule has 0 aliphatic carbocycles. The summed E-state index contributed by atoms with van der Waals surface area (Å²) in [5.41, 5.74) is 1.83. The van der Waals surface area contributed by atoms with Crippen molar-refractivity contribution in [2.45, 2.75) is 17.6 Å². The number of amides is 1. The van der Waals surface area contributed by atoms with E-state index in [1.54, 1.807) is 36.0 Å². The van der Waals surface area contributed by atoms with E-state index >= 15 is 0 Å². The molecule has 0 unspecified atom stereocenters. The van der Waals surface area contributed by atoms with Crippen molar-refractivity contribution in [3.63, 3.8) is 0 Å². The van der Waals surface area contributed by atoms with Gasteiger partial charge in [0.25, 0.3) is 5.91 Å². The topological polar surface area (TPSA) is 55.1 Å². The molecular formula is C24H18F2N2O2S. The van der Waals surface area contributed by atoms with Crippen LogP contribution >= 0.6 is 11.8 Å². The number of benzene rings is 3. The molecule has 1 amide bonds. The Morgan fingerprint density at radius 1 is 1.03 bits per heavy atom. The van der Waals surface area contributed by atoms with Crippen molar-refractivity contribution in [1.29, 1.82) is 0 Å². The Morgan fingerprint density at radius 2 is 1.77 bits per heavy atom. The summed E-state index contributed by atoms with van der Waals surface area (Å²) in [6.07, 6.45) is 0. The number of carbonyl (C=O) groups excluding carboxylic acids is 1. The van der Waals surface area contributed by atoms with E-state index in [4.69, 9.17) is 4.42 Å². The molecule has 1 aromatic heterocycles. The molecule has 156 valence electrons. The fourth-order valence-corrected chi connectivity index (χ4v) is 3.82. The van der Waals surface area contributed by atoms with Crippen molar-refractivity contribution < 1.29 is 18.0 Å². The fraction of sp³-hybridized carbons (Fsp3) is 0.0833. The highest BCUT2D eigenvalue weighted by Gasteiger charge is 2.14. The maximum absolute atomic E-state index is 13.7. The number of carbonyl (C=O) groups is 1. The number of rotatable bonds is 6. The monoisotopic (exact) mass is 436 g/mol. The van der Waals surface area contributed by atoms with Crippen molar-refractivity contribution in [3.05, 3.63) is 101 Å². The Hall–Kier alpha value is -3.45. The quantitative estimate of drug-likeness (QED) is 0.352. The molecule has 4 aromatic rings. The molecule has 3 aromatic carbocycles. The van der Waals surface area contributed by atoms with Crippen LogP contribution in [0, 0.1) is 18.6 Å². The van der Waals surface area contributed by atoms with Gasteiger partial charge in [-0.05, 0) is 55.5 Å². The summed E-state index contributed by atoms with van der Waals surface area (Å²) >= 11 is 1.68. The smallest absolute Gasteiger partial charge is 0.255 e. The van der Waals surface area contributed by atoms with E-state index in [2.05, 4.69) is 10.3 Å². The molecule has 0 aliphatic rings. The first kappa shape index (κ1) is 20.8. The Bertz CT molecular complexity index is 1210. The average Bonchev–Trinajstić information content (AvgIpc) is 3.15. The largest absolute Gasteiger partial charge is 0.441 e. The van der Waals surface area contributed by atoms with Gasteiger partial charge in [0, 0.05) is 27.8 Å². The third-order valence-electron chi connectivity index (χ3n) is 4.58. The number of anilines is 1. The van der Waals surface area contributed by atoms with E-state index in [1.165, 1.54) is 6.07 Å². The minimum atomic E-state index is -0.832. The molecule has 4 rings (SSSR count). The number of thioether (sulfide) groups is 1. The number of oxazole rings is 1. The van der Waals surface area contributed by atoms with Gasteiger partial charge in [-0.1, -0.05) is 18.2 Å². The van der Waals surface area contributed by atoms with Gasteiger partial charge in [0.2, 0.25) is 5.89 Å². The van der Waals surface area contributed by atoms with Crippen LogP contribution in [0.15, 0.2) is 82.1 Å². The van der Waals surface area contributed by atoms with Crippen molar-refractivity contribution in [3.8, 4) is 11.5 Å². The van der Waals surface area contributed by atoms with Crippen molar-refractivity contribution >= 4 is 23.4 Å². The van der Waals surface area contributed by atoms with Gasteiger partial charge < -0.3 is 9.73 Å². The van der Waals surface area contributed by atoms with Gasteiger partial charge in [-0.25, -0.2) is 13.8 Å². The zero-order chi connectivity index (χ0) is 21.8. The predicted octanol–water partition coefficient (Wildman–Crippen LogP) is 6.47. The number of nitrogens with zero attached hydrogens (tertiary/aromatic N) is 1. The summed E-state index contributed by atoms with van der Waals surface area (Å²) < 4.78 is 32.6. The van der Waals surface area contributed by atoms with Gasteiger partial charge in [0.1, 0.15) is 17.4 Å². The minimum absolute atomic E-state index is 0.0839. The van der Waals surface area contributed by atoms with E-state index in [0.717, 1.165) is 34.0 Å². The highest BCUT2D eigenvalue weighted by Crippen LogP contribution is 2.28. The van der Waals surface area contributed by atoms with Gasteiger partial charge in [-0.3, -0.25) is 4.79 Å². The maximum atomic E-state index is 13.7. The molecule has 0 bridgehead atoms. The first-order chi connectivity index (χ1) is 15.0. The lowest BCUT2D eigenvalue weighted by atomic mass is 10.1. The summed E-state index contributed by atoms with van der Waals surface area (Å²) in [7, 11) is 0. The van der Waals surface area contributed by atoms with Crippen LogP contribution in [-0.2, 0) is 5.75 Å². The van der Waals surface area contributed by atoms with Crippen molar-refractivity contribution in [2.24, 2.45) is 0 Å². The van der Waals surface area contributed by atoms with E-state index in [1.807, 2.05) is 37.3 Å². The summed E-state index contributed by atoms with van der Waals surface area (Å²) in [5, 5.41) is 2.44. The summed E-state index contributed by atoms with van der Waals surface area (Å²) in [6.45, 7) is 1.87. The second kappa shape index (κ2) is 9.14. The van der Waals surface area contributed by atoms with Gasteiger partial charge in [0.15, 0.2) is 0 Å². The molecule has 31 heavy (non-hydrogen) atoms. The maximum Gasteiger partial charge on any atom is 0.255 e. The molecule has 1 N–H and O–H groups in total. The lowest BCUT2D eigenvalue weighted by Crippen LogP contribution is -2.13. The molecule has 0 atom stereocenters. The van der Waals surface area contributed by atoms with Gasteiger partial charge in [0.05, 0.1) is 11.4 Å². The standard InChI is InChI=1S/C24H18F2N2O2S/c1-15-22(14-31-19-5-3-2-4-6-19)28-24(30-15)17-9-7-16(8-10-17)23(29)27-21-12-11-18(25)13-20(21)26/h2-13H,14H2,1H3,(H,27,29). The van der Waals surface area contributed by atoms with Crippen molar-refractivity contribution in [1.82, 2.24) is 4.98 Å². The molecule has 0 fully saturated rings. The minimum Gasteiger partial charge on any atom is -0.441 e. The van der Waals surface area contributed by atoms with Gasteiger partial charge in [-0.15, -0.1) is 11.8 Å². The van der Waals surface area contributed by atoms with Crippen LogP contribution < -0.4 is 5.32 Å². The van der Waals surface area contributed by atoms with E-state index in [9.17, 15) is 13.6 Å². The molecule has 7 heteroatoms. The van der Waals surface area contributed by atoms with Crippen LogP contribution in [0.4, 0.5) is 14.5 Å². The predicted molar refractivity (Wildman–Crippen MR) is 117 cm³/mol. The Balaban J connectivity index is 1.44. The number of hydrogen-bond acceptors (Lipinski definition) is 4. The van der Waals surface area contributed by atoms with Crippen LogP contribution in [0.3, 0.4) is 0 Å². The average molecular weight is 436 g/mol. The summed E-state index contributed by atoms with van der Waals surface area (Å²) in [5.74, 6) is -0.141. The Morgan fingerprint density at radius 3 is 2.48 bits per heavy atom. The Labute approximate surface area is 182 Å². The van der Waals surface area contributed by atoms with Crippen LogP contribution in [0.1, 0.15) is 21.8 Å². The Kier molecular flexibility index (Phi) is 6.13. The molecule has 0 saturated heterocycles. The zero-order valence-corrected chi connectivity index (χ0v) is 17.4. The van der Waals surface area contributed by atoms with Crippen LogP contribution in [0.25, 0.3) is 11.5 Å². The molecule has 1 heterocycles. The van der Waals surface area contributed by atoms with Crippen LogP contribution in [0.2, 0.25) is 0 Å². The number of nitrogens with one attached hydrogen (secondary N) is 1. The van der Waals surface area contributed by atoms with E-state index < -0.39 is 17.5 Å². The van der Waals surface area contributed by atoms with Crippen LogP contribution in [-0.4, -0.2) is 10.9 Å². The lowest BCUT2D eigenvalue weighted by Gasteiger charge is -2.07. The van der Waals surface area contributed by atoms with E-state index in [-0.39, 0.29) is 5.69 Å². The number of halogens is 2. The van der Waals surface area contributed by atoms with Gasteiger partial charge >= 0.3 is 0 Å². The first-order valence-electron chi connectivity index (χ1n) is 9.50. The summed E-state index contributed by atoms with van der Waals surface area (Å²) in [4.78, 5) is 18.1. The van der Waals surface area contributed by atoms with Gasteiger partial charge in [-0.2, -0.15) is 0 Å². The fourth-order valence-electron chi connectivity index (χ4n) is 2.90. The number of aromatic nitrogens is 1.